The molecule has 7 heteroatoms. The lowest BCUT2D eigenvalue weighted by Gasteiger charge is -2.37. The molecule has 0 saturated carbocycles. The van der Waals surface area contributed by atoms with E-state index in [-0.39, 0.29) is 5.56 Å². The van der Waals surface area contributed by atoms with Crippen LogP contribution in [0.15, 0.2) is 109 Å². The molecule has 2 aliphatic rings. The van der Waals surface area contributed by atoms with Gasteiger partial charge in [0, 0.05) is 29.2 Å². The predicted molar refractivity (Wildman–Crippen MR) is 181 cm³/mol. The van der Waals surface area contributed by atoms with Crippen LogP contribution in [0.5, 0.6) is 17.2 Å². The largest absolute Gasteiger partial charge is 0.493 e. The van der Waals surface area contributed by atoms with Crippen LogP contribution in [-0.4, -0.2) is 24.1 Å². The zero-order chi connectivity index (χ0) is 33.5. The highest BCUT2D eigenvalue weighted by atomic mass is 17.2. The second-order valence-electron chi connectivity index (χ2n) is 13.0. The van der Waals surface area contributed by atoms with E-state index in [0.717, 1.165) is 16.7 Å². The second-order valence-corrected chi connectivity index (χ2v) is 13.0. The third-order valence-corrected chi connectivity index (χ3v) is 8.48. The fourth-order valence-corrected chi connectivity index (χ4v) is 6.43. The summed E-state index contributed by atoms with van der Waals surface area (Å²) >= 11 is 0. The molecular formula is C41H36O7. The summed E-state index contributed by atoms with van der Waals surface area (Å²) in [6, 6.07) is 34.9. The zero-order valence-corrected chi connectivity index (χ0v) is 27.4. The lowest BCUT2D eigenvalue weighted by atomic mass is 9.75. The first-order valence-corrected chi connectivity index (χ1v) is 16.1. The van der Waals surface area contributed by atoms with Crippen molar-refractivity contribution in [1.82, 2.24) is 0 Å². The highest BCUT2D eigenvalue weighted by Gasteiger charge is 2.54. The van der Waals surface area contributed by atoms with Crippen molar-refractivity contribution in [2.24, 2.45) is 0 Å². The SMILES string of the molecule is CCOc1cc2c(cc1Cc1ccccc1)C1(OC(=O)c3ccccc31)c1cc(Cc3ccccc3)c(C(=O)OOC(C)(C)C)cc1O2. The van der Waals surface area contributed by atoms with E-state index in [2.05, 4.69) is 12.1 Å². The van der Waals surface area contributed by atoms with E-state index < -0.39 is 23.1 Å². The Kier molecular flexibility index (Phi) is 8.01. The number of benzene rings is 5. The third kappa shape index (κ3) is 5.71. The van der Waals surface area contributed by atoms with Crippen LogP contribution in [0, 0.1) is 0 Å². The number of carbonyl (C=O) groups is 2. The molecule has 0 bridgehead atoms. The zero-order valence-electron chi connectivity index (χ0n) is 27.4. The lowest BCUT2D eigenvalue weighted by Crippen LogP contribution is -2.34. The molecule has 2 aliphatic heterocycles. The maximum atomic E-state index is 13.7. The molecule has 7 rings (SSSR count). The first-order chi connectivity index (χ1) is 23.2. The minimum atomic E-state index is -1.34. The molecular weight excluding hydrogens is 604 g/mol. The van der Waals surface area contributed by atoms with E-state index in [4.69, 9.17) is 24.0 Å². The Hall–Kier alpha value is -5.40. The average Bonchev–Trinajstić information content (AvgIpc) is 3.37. The van der Waals surface area contributed by atoms with Crippen LogP contribution in [0.3, 0.4) is 0 Å². The molecule has 48 heavy (non-hydrogen) atoms. The first-order valence-electron chi connectivity index (χ1n) is 16.1. The summed E-state index contributed by atoms with van der Waals surface area (Å²) in [7, 11) is 0. The summed E-state index contributed by atoms with van der Waals surface area (Å²) in [5, 5.41) is 0. The van der Waals surface area contributed by atoms with Crippen LogP contribution >= 0.6 is 0 Å². The smallest absolute Gasteiger partial charge is 0.373 e. The van der Waals surface area contributed by atoms with Gasteiger partial charge >= 0.3 is 11.9 Å². The number of hydrogen-bond acceptors (Lipinski definition) is 7. The molecule has 0 aromatic heterocycles. The van der Waals surface area contributed by atoms with E-state index in [0.29, 0.717) is 64.5 Å². The Morgan fingerprint density at radius 2 is 1.31 bits per heavy atom. The van der Waals surface area contributed by atoms with Crippen LogP contribution < -0.4 is 9.47 Å². The van der Waals surface area contributed by atoms with Crippen molar-refractivity contribution in [2.75, 3.05) is 6.61 Å². The molecule has 7 nitrogen and oxygen atoms in total. The number of ether oxygens (including phenoxy) is 3. The van der Waals surface area contributed by atoms with Gasteiger partial charge in [0.1, 0.15) is 22.8 Å². The molecule has 0 fully saturated rings. The normalized spacial score (nSPS) is 16.0. The third-order valence-electron chi connectivity index (χ3n) is 8.48. The summed E-state index contributed by atoms with van der Waals surface area (Å²) in [5.41, 5.74) is 4.40. The summed E-state index contributed by atoms with van der Waals surface area (Å²) in [4.78, 5) is 38.1. The van der Waals surface area contributed by atoms with Crippen LogP contribution in [0.1, 0.15) is 87.4 Å². The fourth-order valence-electron chi connectivity index (χ4n) is 6.43. The molecule has 1 spiro atoms. The van der Waals surface area contributed by atoms with Gasteiger partial charge in [0.15, 0.2) is 5.60 Å². The van der Waals surface area contributed by atoms with Crippen LogP contribution in [0.2, 0.25) is 0 Å². The van der Waals surface area contributed by atoms with Gasteiger partial charge < -0.3 is 14.2 Å². The van der Waals surface area contributed by atoms with Gasteiger partial charge in [-0.1, -0.05) is 78.9 Å². The van der Waals surface area contributed by atoms with Gasteiger partial charge in [-0.15, -0.1) is 0 Å². The number of fused-ring (bicyclic) bond motifs is 6. The van der Waals surface area contributed by atoms with Crippen molar-refractivity contribution >= 4 is 11.9 Å². The Balaban J connectivity index is 1.46. The molecule has 0 aliphatic carbocycles. The summed E-state index contributed by atoms with van der Waals surface area (Å²) in [6.45, 7) is 7.79. The van der Waals surface area contributed by atoms with Gasteiger partial charge in [0.05, 0.1) is 17.7 Å². The Bertz CT molecular complexity index is 2010. The molecule has 242 valence electrons. The quantitative estimate of drug-likeness (QED) is 0.0953. The Morgan fingerprint density at radius 1 is 0.729 bits per heavy atom. The van der Waals surface area contributed by atoms with Crippen LogP contribution in [0.25, 0.3) is 0 Å². The Labute approximate surface area is 279 Å². The lowest BCUT2D eigenvalue weighted by molar-refractivity contribution is -0.301. The minimum absolute atomic E-state index is 0.281. The van der Waals surface area contributed by atoms with Gasteiger partial charge in [-0.3, -0.25) is 4.89 Å². The standard InChI is InChI=1S/C41H36O7/c1-5-44-35-25-37-34(23-29(35)21-27-16-10-7-11-17-27)41(32-19-13-12-18-30(32)38(42)46-41)33-22-28(20-26-14-8-6-9-15-26)31(24-36(33)45-37)39(43)47-48-40(2,3)4/h6-19,22-25H,5,20-21H2,1-4H3. The minimum Gasteiger partial charge on any atom is -0.493 e. The van der Waals surface area contributed by atoms with Crippen LogP contribution in [-0.2, 0) is 33.0 Å². The number of hydrogen-bond donors (Lipinski definition) is 0. The molecule has 0 saturated heterocycles. The molecule has 1 atom stereocenters. The first kappa shape index (κ1) is 31.2. The number of rotatable bonds is 8. The van der Waals surface area contributed by atoms with Crippen molar-refractivity contribution < 1.29 is 33.6 Å². The molecule has 5 aromatic carbocycles. The second kappa shape index (κ2) is 12.3. The van der Waals surface area contributed by atoms with Crippen LogP contribution in [0.4, 0.5) is 0 Å². The molecule has 0 amide bonds. The summed E-state index contributed by atoms with van der Waals surface area (Å²) < 4.78 is 19.3. The highest BCUT2D eigenvalue weighted by Crippen LogP contribution is 2.57. The highest BCUT2D eigenvalue weighted by molar-refractivity contribution is 5.97. The maximum Gasteiger partial charge on any atom is 0.373 e. The monoisotopic (exact) mass is 640 g/mol. The number of esters is 1. The average molecular weight is 641 g/mol. The van der Waals surface area contributed by atoms with Gasteiger partial charge in [-0.2, -0.15) is 4.89 Å². The topological polar surface area (TPSA) is 80.3 Å². The molecule has 2 heterocycles. The predicted octanol–water partition coefficient (Wildman–Crippen LogP) is 8.72. The maximum absolute atomic E-state index is 13.7. The summed E-state index contributed by atoms with van der Waals surface area (Å²) in [5.74, 6) is 0.405. The van der Waals surface area contributed by atoms with E-state index in [1.807, 2.05) is 91.9 Å². The van der Waals surface area contributed by atoms with E-state index in [1.165, 1.54) is 0 Å². The van der Waals surface area contributed by atoms with Gasteiger partial charge in [-0.05, 0) is 80.6 Å². The summed E-state index contributed by atoms with van der Waals surface area (Å²) in [6.07, 6.45) is 1.01. The number of carbonyl (C=O) groups excluding carboxylic acids is 2. The molecule has 1 unspecified atom stereocenters. The van der Waals surface area contributed by atoms with E-state index >= 15 is 0 Å². The van der Waals surface area contributed by atoms with Crippen molar-refractivity contribution in [3.8, 4) is 17.2 Å². The van der Waals surface area contributed by atoms with Gasteiger partial charge in [0.25, 0.3) is 0 Å². The Morgan fingerprint density at radius 3 is 1.96 bits per heavy atom. The van der Waals surface area contributed by atoms with E-state index in [9.17, 15) is 9.59 Å². The molecule has 0 N–H and O–H groups in total. The van der Waals surface area contributed by atoms with Gasteiger partial charge in [-0.25, -0.2) is 9.59 Å². The van der Waals surface area contributed by atoms with E-state index in [1.54, 1.807) is 32.9 Å². The van der Waals surface area contributed by atoms with Gasteiger partial charge in [0.2, 0.25) is 0 Å². The molecule has 0 radical (unpaired) electrons. The van der Waals surface area contributed by atoms with Crippen molar-refractivity contribution in [3.63, 3.8) is 0 Å². The van der Waals surface area contributed by atoms with Crippen molar-refractivity contribution in [2.45, 2.75) is 51.7 Å². The fraction of sp³-hybridized carbons (Fsp3) is 0.220. The van der Waals surface area contributed by atoms with Crippen molar-refractivity contribution in [1.29, 1.82) is 0 Å². The van der Waals surface area contributed by atoms with Crippen molar-refractivity contribution in [3.05, 3.63) is 159 Å². The molecule has 5 aromatic rings.